The van der Waals surface area contributed by atoms with Crippen molar-refractivity contribution in [1.82, 2.24) is 0 Å². The molecule has 0 fully saturated rings. The highest BCUT2D eigenvalue weighted by molar-refractivity contribution is 6.31. The van der Waals surface area contributed by atoms with Crippen LogP contribution in [0.4, 0.5) is 22.7 Å². The summed E-state index contributed by atoms with van der Waals surface area (Å²) < 4.78 is 0. The molecule has 2 N–H and O–H groups in total. The van der Waals surface area contributed by atoms with E-state index in [1.807, 2.05) is 33.8 Å². The van der Waals surface area contributed by atoms with Crippen LogP contribution in [0.1, 0.15) is 31.9 Å². The van der Waals surface area contributed by atoms with Crippen molar-refractivity contribution < 1.29 is 0 Å². The summed E-state index contributed by atoms with van der Waals surface area (Å²) in [5.74, 6) is 0. The average Bonchev–Trinajstić information content (AvgIpc) is 2.44. The van der Waals surface area contributed by atoms with Gasteiger partial charge in [0.15, 0.2) is 0 Å². The Morgan fingerprint density at radius 3 is 2.26 bits per heavy atom. The van der Waals surface area contributed by atoms with E-state index in [0.717, 1.165) is 11.1 Å². The molecule has 120 valence electrons. The van der Waals surface area contributed by atoms with Crippen molar-refractivity contribution in [2.75, 3.05) is 5.73 Å². The molecule has 2 aromatic rings. The van der Waals surface area contributed by atoms with Crippen LogP contribution in [0.2, 0.25) is 5.02 Å². The number of rotatable bonds is 3. The van der Waals surface area contributed by atoms with E-state index in [-0.39, 0.29) is 5.41 Å². The second kappa shape index (κ2) is 6.46. The summed E-state index contributed by atoms with van der Waals surface area (Å²) in [6, 6.07) is 8.69. The highest BCUT2D eigenvalue weighted by Gasteiger charge is 2.22. The predicted octanol–water partition coefficient (Wildman–Crippen LogP) is 6.34. The lowest BCUT2D eigenvalue weighted by molar-refractivity contribution is 0.591. The Morgan fingerprint density at radius 2 is 1.70 bits per heavy atom. The number of benzene rings is 2. The minimum absolute atomic E-state index is 0.223. The van der Waals surface area contributed by atoms with Crippen LogP contribution in [0.5, 0.6) is 0 Å². The topological polar surface area (TPSA) is 80.2 Å². The number of azo groups is 1. The molecule has 0 atom stereocenters. The number of aryl methyl sites for hydroxylation is 1. The van der Waals surface area contributed by atoms with Crippen molar-refractivity contribution >= 4 is 34.4 Å². The number of nitroso groups, excluding NO2 is 1. The fourth-order valence-corrected chi connectivity index (χ4v) is 2.41. The minimum Gasteiger partial charge on any atom is -0.397 e. The Hall–Kier alpha value is -2.27. The lowest BCUT2D eigenvalue weighted by Gasteiger charge is -2.21. The first kappa shape index (κ1) is 17.1. The van der Waals surface area contributed by atoms with E-state index in [4.69, 9.17) is 17.3 Å². The lowest BCUT2D eigenvalue weighted by atomic mass is 9.84. The van der Waals surface area contributed by atoms with Gasteiger partial charge in [0.1, 0.15) is 17.1 Å². The van der Waals surface area contributed by atoms with Crippen LogP contribution < -0.4 is 5.73 Å². The van der Waals surface area contributed by atoms with E-state index in [1.165, 1.54) is 0 Å². The molecule has 0 amide bonds. The van der Waals surface area contributed by atoms with Gasteiger partial charge in [0.2, 0.25) is 0 Å². The Bertz CT molecular complexity index is 779. The van der Waals surface area contributed by atoms with Crippen molar-refractivity contribution in [3.8, 4) is 0 Å². The summed E-state index contributed by atoms with van der Waals surface area (Å²) in [6.45, 7) is 8.01. The highest BCUT2D eigenvalue weighted by atomic mass is 35.5. The molecule has 0 heterocycles. The zero-order valence-electron chi connectivity index (χ0n) is 13.6. The van der Waals surface area contributed by atoms with Gasteiger partial charge in [-0.25, -0.2) is 0 Å². The smallest absolute Gasteiger partial charge is 0.139 e. The Labute approximate surface area is 140 Å². The van der Waals surface area contributed by atoms with Crippen LogP contribution in [0.3, 0.4) is 0 Å². The third-order valence-corrected chi connectivity index (χ3v) is 3.62. The molecule has 5 nitrogen and oxygen atoms in total. The van der Waals surface area contributed by atoms with Crippen molar-refractivity contribution in [3.05, 3.63) is 51.4 Å². The summed E-state index contributed by atoms with van der Waals surface area (Å²) in [5.41, 5.74) is 9.11. The van der Waals surface area contributed by atoms with Gasteiger partial charge in [0, 0.05) is 5.02 Å². The largest absolute Gasteiger partial charge is 0.397 e. The van der Waals surface area contributed by atoms with E-state index in [9.17, 15) is 4.91 Å². The van der Waals surface area contributed by atoms with Gasteiger partial charge in [0.25, 0.3) is 0 Å². The highest BCUT2D eigenvalue weighted by Crippen LogP contribution is 2.40. The fraction of sp³-hybridized carbons (Fsp3) is 0.294. The first-order valence-electron chi connectivity index (χ1n) is 7.17. The van der Waals surface area contributed by atoms with Gasteiger partial charge in [-0.05, 0) is 52.9 Å². The summed E-state index contributed by atoms with van der Waals surface area (Å²) in [4.78, 5) is 11.3. The van der Waals surface area contributed by atoms with Gasteiger partial charge in [-0.2, -0.15) is 0 Å². The molecule has 0 aliphatic carbocycles. The molecule has 0 saturated carbocycles. The molecular weight excluding hydrogens is 312 g/mol. The second-order valence-electron chi connectivity index (χ2n) is 6.42. The van der Waals surface area contributed by atoms with E-state index in [1.54, 1.807) is 24.3 Å². The van der Waals surface area contributed by atoms with E-state index in [2.05, 4.69) is 15.4 Å². The van der Waals surface area contributed by atoms with Gasteiger partial charge in [-0.15, -0.1) is 15.1 Å². The van der Waals surface area contributed by atoms with Gasteiger partial charge < -0.3 is 5.73 Å². The van der Waals surface area contributed by atoms with E-state index < -0.39 is 0 Å². The molecule has 0 spiro atoms. The Balaban J connectivity index is 2.53. The zero-order valence-corrected chi connectivity index (χ0v) is 14.3. The molecule has 0 aliphatic rings. The predicted molar refractivity (Wildman–Crippen MR) is 95.4 cm³/mol. The van der Waals surface area contributed by atoms with Gasteiger partial charge in [-0.1, -0.05) is 38.4 Å². The maximum Gasteiger partial charge on any atom is 0.139 e. The number of nitrogen functional groups attached to an aromatic ring is 1. The van der Waals surface area contributed by atoms with Crippen LogP contribution in [0.15, 0.2) is 45.7 Å². The molecule has 0 radical (unpaired) electrons. The quantitative estimate of drug-likeness (QED) is 0.404. The molecule has 0 aromatic heterocycles. The summed E-state index contributed by atoms with van der Waals surface area (Å²) in [6.07, 6.45) is 0. The molecule has 0 aliphatic heterocycles. The van der Waals surface area contributed by atoms with Crippen molar-refractivity contribution in [2.24, 2.45) is 15.4 Å². The molecule has 23 heavy (non-hydrogen) atoms. The molecule has 0 bridgehead atoms. The number of halogens is 1. The number of hydrogen-bond acceptors (Lipinski definition) is 5. The van der Waals surface area contributed by atoms with Crippen molar-refractivity contribution in [2.45, 2.75) is 33.1 Å². The van der Waals surface area contributed by atoms with Crippen molar-refractivity contribution in [1.29, 1.82) is 0 Å². The molecule has 6 heteroatoms. The average molecular weight is 331 g/mol. The maximum absolute atomic E-state index is 11.3. The van der Waals surface area contributed by atoms with E-state index in [0.29, 0.717) is 27.8 Å². The first-order valence-corrected chi connectivity index (χ1v) is 7.55. The normalized spacial score (nSPS) is 11.9. The maximum atomic E-state index is 11.3. The molecule has 2 rings (SSSR count). The number of nitrogens with zero attached hydrogens (tertiary/aromatic N) is 3. The summed E-state index contributed by atoms with van der Waals surface area (Å²) in [7, 11) is 0. The van der Waals surface area contributed by atoms with Gasteiger partial charge in [0.05, 0.1) is 5.69 Å². The third kappa shape index (κ3) is 3.93. The van der Waals surface area contributed by atoms with Crippen LogP contribution in [0, 0.1) is 11.8 Å². The first-order chi connectivity index (χ1) is 10.7. The van der Waals surface area contributed by atoms with Gasteiger partial charge >= 0.3 is 0 Å². The van der Waals surface area contributed by atoms with E-state index >= 15 is 0 Å². The standard InChI is InChI=1S/C17H19ClN4O/c1-10-7-12(17(2,3)4)16(22-23)15(8-10)21-20-14-6-5-11(18)9-13(14)19/h5-9H,19H2,1-4H3. The number of nitrogens with two attached hydrogens (primary N) is 1. The summed E-state index contributed by atoms with van der Waals surface area (Å²) >= 11 is 5.86. The monoisotopic (exact) mass is 330 g/mol. The molecule has 2 aromatic carbocycles. The third-order valence-electron chi connectivity index (χ3n) is 3.39. The fourth-order valence-electron chi connectivity index (χ4n) is 2.23. The molecule has 0 unspecified atom stereocenters. The van der Waals surface area contributed by atoms with Crippen LogP contribution in [-0.2, 0) is 5.41 Å². The second-order valence-corrected chi connectivity index (χ2v) is 6.86. The minimum atomic E-state index is -0.223. The number of hydrogen-bond donors (Lipinski definition) is 1. The molecule has 0 saturated heterocycles. The van der Waals surface area contributed by atoms with Gasteiger partial charge in [-0.3, -0.25) is 0 Å². The Kier molecular flexibility index (Phi) is 4.80. The van der Waals surface area contributed by atoms with Crippen LogP contribution in [-0.4, -0.2) is 0 Å². The molecular formula is C17H19ClN4O. The van der Waals surface area contributed by atoms with Crippen LogP contribution in [0.25, 0.3) is 0 Å². The summed E-state index contributed by atoms with van der Waals surface area (Å²) in [5, 5.41) is 12.0. The SMILES string of the molecule is Cc1cc(N=Nc2ccc(Cl)cc2N)c(N=O)c(C(C)(C)C)c1. The Morgan fingerprint density at radius 1 is 1.04 bits per heavy atom. The lowest BCUT2D eigenvalue weighted by Crippen LogP contribution is -2.11. The van der Waals surface area contributed by atoms with Crippen molar-refractivity contribution in [3.63, 3.8) is 0 Å². The number of anilines is 1. The zero-order chi connectivity index (χ0) is 17.2. The van der Waals surface area contributed by atoms with Crippen LogP contribution >= 0.6 is 11.6 Å².